The molecule has 1 aliphatic heterocycles. The predicted octanol–water partition coefficient (Wildman–Crippen LogP) is 2.34. The number of phenols is 2. The molecule has 0 spiro atoms. The summed E-state index contributed by atoms with van der Waals surface area (Å²) < 4.78 is 10.9. The van der Waals surface area contributed by atoms with Gasteiger partial charge in [-0.15, -0.1) is 12.4 Å². The number of phenolic OH excluding ortho intramolecular Hbond substituents is 2. The van der Waals surface area contributed by atoms with Crippen molar-refractivity contribution in [2.24, 2.45) is 0 Å². The lowest BCUT2D eigenvalue weighted by Crippen LogP contribution is -2.16. The van der Waals surface area contributed by atoms with Gasteiger partial charge in [0.2, 0.25) is 0 Å². The normalized spacial score (nSPS) is 11.8. The van der Waals surface area contributed by atoms with Gasteiger partial charge in [0.1, 0.15) is 23.9 Å². The van der Waals surface area contributed by atoms with Crippen LogP contribution in [0.1, 0.15) is 11.3 Å². The zero-order valence-electron chi connectivity index (χ0n) is 9.97. The number of fused-ring (bicyclic) bond motifs is 3. The van der Waals surface area contributed by atoms with Gasteiger partial charge in [-0.25, -0.2) is 0 Å². The summed E-state index contributed by atoms with van der Waals surface area (Å²) in [4.78, 5) is 11.8. The predicted molar refractivity (Wildman–Crippen MR) is 70.1 cm³/mol. The summed E-state index contributed by atoms with van der Waals surface area (Å²) in [5, 5.41) is 18.9. The molecule has 1 aromatic carbocycles. The van der Waals surface area contributed by atoms with Crippen molar-refractivity contribution in [1.82, 2.24) is 0 Å². The summed E-state index contributed by atoms with van der Waals surface area (Å²) in [6.45, 7) is 1.77. The molecule has 0 bridgehead atoms. The van der Waals surface area contributed by atoms with E-state index in [1.165, 1.54) is 18.2 Å². The molecule has 100 valence electrons. The van der Waals surface area contributed by atoms with E-state index in [0.717, 1.165) is 0 Å². The molecule has 0 fully saturated rings. The second-order valence-corrected chi connectivity index (χ2v) is 4.15. The molecule has 0 saturated heterocycles. The SMILES string of the molecule is Cc1cc(=O)c2c(o1)-c1cc(O)c(O)cc1OC2.Cl. The van der Waals surface area contributed by atoms with Gasteiger partial charge in [0.25, 0.3) is 0 Å². The van der Waals surface area contributed by atoms with E-state index in [4.69, 9.17) is 9.15 Å². The fourth-order valence-corrected chi connectivity index (χ4v) is 1.99. The fraction of sp³-hybridized carbons (Fsp3) is 0.154. The molecule has 19 heavy (non-hydrogen) atoms. The minimum Gasteiger partial charge on any atom is -0.504 e. The maximum absolute atomic E-state index is 11.8. The first kappa shape index (κ1) is 13.3. The average Bonchev–Trinajstić information content (AvgIpc) is 2.30. The van der Waals surface area contributed by atoms with Crippen molar-refractivity contribution in [3.05, 3.63) is 39.7 Å². The number of aromatic hydroxyl groups is 2. The maximum atomic E-state index is 11.8. The van der Waals surface area contributed by atoms with Crippen LogP contribution >= 0.6 is 12.4 Å². The quantitative estimate of drug-likeness (QED) is 0.725. The van der Waals surface area contributed by atoms with Gasteiger partial charge in [-0.3, -0.25) is 4.79 Å². The molecule has 2 heterocycles. The van der Waals surface area contributed by atoms with Gasteiger partial charge in [-0.1, -0.05) is 0 Å². The number of hydrogen-bond acceptors (Lipinski definition) is 5. The Morgan fingerprint density at radius 3 is 2.58 bits per heavy atom. The van der Waals surface area contributed by atoms with E-state index in [9.17, 15) is 15.0 Å². The highest BCUT2D eigenvalue weighted by Crippen LogP contribution is 2.42. The molecule has 1 aromatic heterocycles. The Morgan fingerprint density at radius 2 is 1.84 bits per heavy atom. The standard InChI is InChI=1S/C13H10O5.ClH/c1-6-2-9(14)8-5-17-12-4-11(16)10(15)3-7(12)13(8)18-6;/h2-4,15-16H,5H2,1H3;1H. The van der Waals surface area contributed by atoms with Gasteiger partial charge < -0.3 is 19.4 Å². The minimum absolute atomic E-state index is 0. The summed E-state index contributed by atoms with van der Waals surface area (Å²) in [5.74, 6) is 0.698. The van der Waals surface area contributed by atoms with Gasteiger partial charge in [0.05, 0.1) is 11.1 Å². The summed E-state index contributed by atoms with van der Waals surface area (Å²) in [6, 6.07) is 4.02. The summed E-state index contributed by atoms with van der Waals surface area (Å²) in [6.07, 6.45) is 0. The number of hydrogen-bond donors (Lipinski definition) is 2. The first-order valence-electron chi connectivity index (χ1n) is 5.39. The second-order valence-electron chi connectivity index (χ2n) is 4.15. The number of halogens is 1. The molecule has 5 nitrogen and oxygen atoms in total. The van der Waals surface area contributed by atoms with Crippen LogP contribution in [0, 0.1) is 6.92 Å². The number of ether oxygens (including phenoxy) is 1. The Kier molecular flexibility index (Phi) is 3.16. The molecule has 0 aliphatic carbocycles. The maximum Gasteiger partial charge on any atom is 0.192 e. The summed E-state index contributed by atoms with van der Waals surface area (Å²) in [7, 11) is 0. The molecule has 0 unspecified atom stereocenters. The topological polar surface area (TPSA) is 79.9 Å². The van der Waals surface area contributed by atoms with Crippen LogP contribution in [0.15, 0.2) is 27.4 Å². The van der Waals surface area contributed by atoms with Crippen molar-refractivity contribution in [2.75, 3.05) is 0 Å². The first-order valence-corrected chi connectivity index (χ1v) is 5.39. The molecule has 6 heteroatoms. The van der Waals surface area contributed by atoms with Gasteiger partial charge in [-0.05, 0) is 13.0 Å². The van der Waals surface area contributed by atoms with Crippen LogP contribution in [0.4, 0.5) is 0 Å². The average molecular weight is 283 g/mol. The van der Waals surface area contributed by atoms with Crippen LogP contribution in [-0.2, 0) is 6.61 Å². The Bertz CT molecular complexity index is 705. The highest BCUT2D eigenvalue weighted by Gasteiger charge is 2.24. The monoisotopic (exact) mass is 282 g/mol. The third-order valence-electron chi connectivity index (χ3n) is 2.86. The zero-order valence-corrected chi connectivity index (χ0v) is 10.8. The third-order valence-corrected chi connectivity index (χ3v) is 2.86. The van der Waals surface area contributed by atoms with Gasteiger partial charge >= 0.3 is 0 Å². The lowest BCUT2D eigenvalue weighted by molar-refractivity contribution is 0.289. The van der Waals surface area contributed by atoms with Crippen molar-refractivity contribution >= 4 is 12.4 Å². The van der Waals surface area contributed by atoms with Gasteiger partial charge in [0, 0.05) is 12.1 Å². The minimum atomic E-state index is -0.283. The molecule has 0 saturated carbocycles. The molecule has 1 aliphatic rings. The van der Waals surface area contributed by atoms with Crippen molar-refractivity contribution in [3.8, 4) is 28.6 Å². The lowest BCUT2D eigenvalue weighted by atomic mass is 10.0. The van der Waals surface area contributed by atoms with E-state index in [0.29, 0.717) is 28.4 Å². The first-order chi connectivity index (χ1) is 8.56. The van der Waals surface area contributed by atoms with Crippen molar-refractivity contribution < 1.29 is 19.4 Å². The van der Waals surface area contributed by atoms with Crippen molar-refractivity contribution in [2.45, 2.75) is 13.5 Å². The van der Waals surface area contributed by atoms with E-state index < -0.39 is 0 Å². The van der Waals surface area contributed by atoms with Crippen LogP contribution in [-0.4, -0.2) is 10.2 Å². The van der Waals surface area contributed by atoms with E-state index >= 15 is 0 Å². The van der Waals surface area contributed by atoms with Crippen molar-refractivity contribution in [3.63, 3.8) is 0 Å². The Morgan fingerprint density at radius 1 is 1.16 bits per heavy atom. The van der Waals surface area contributed by atoms with E-state index in [-0.39, 0.29) is 35.9 Å². The largest absolute Gasteiger partial charge is 0.504 e. The van der Waals surface area contributed by atoms with Crippen LogP contribution < -0.4 is 10.2 Å². The van der Waals surface area contributed by atoms with Crippen LogP contribution in [0.3, 0.4) is 0 Å². The Hall–Kier alpha value is -2.14. The summed E-state index contributed by atoms with van der Waals surface area (Å²) >= 11 is 0. The van der Waals surface area contributed by atoms with Crippen LogP contribution in [0.25, 0.3) is 11.3 Å². The van der Waals surface area contributed by atoms with E-state index in [2.05, 4.69) is 0 Å². The third kappa shape index (κ3) is 2.02. The molecule has 0 radical (unpaired) electrons. The fourth-order valence-electron chi connectivity index (χ4n) is 1.99. The molecular weight excluding hydrogens is 272 g/mol. The molecule has 0 amide bonds. The van der Waals surface area contributed by atoms with E-state index in [1.807, 2.05) is 0 Å². The molecule has 2 N–H and O–H groups in total. The number of aryl methyl sites for hydroxylation is 1. The smallest absolute Gasteiger partial charge is 0.192 e. The number of benzene rings is 1. The van der Waals surface area contributed by atoms with Gasteiger partial charge in [-0.2, -0.15) is 0 Å². The van der Waals surface area contributed by atoms with Gasteiger partial charge in [0.15, 0.2) is 16.9 Å². The highest BCUT2D eigenvalue weighted by molar-refractivity contribution is 5.85. The van der Waals surface area contributed by atoms with Crippen molar-refractivity contribution in [1.29, 1.82) is 0 Å². The number of rotatable bonds is 0. The van der Waals surface area contributed by atoms with Crippen LogP contribution in [0.5, 0.6) is 17.2 Å². The van der Waals surface area contributed by atoms with Crippen LogP contribution in [0.2, 0.25) is 0 Å². The summed E-state index contributed by atoms with van der Waals surface area (Å²) in [5.41, 5.74) is 0.720. The second kappa shape index (κ2) is 4.51. The Labute approximate surface area is 114 Å². The molecule has 2 aromatic rings. The molecular formula is C13H11ClO5. The lowest BCUT2D eigenvalue weighted by Gasteiger charge is -2.19. The van der Waals surface area contributed by atoms with E-state index in [1.54, 1.807) is 6.92 Å². The zero-order chi connectivity index (χ0) is 12.9. The highest BCUT2D eigenvalue weighted by atomic mass is 35.5. The molecule has 0 atom stereocenters. The molecule has 3 rings (SSSR count). The Balaban J connectivity index is 0.00000133.